The van der Waals surface area contributed by atoms with Gasteiger partial charge in [-0.25, -0.2) is 0 Å². The van der Waals surface area contributed by atoms with E-state index in [2.05, 4.69) is 49.3 Å². The van der Waals surface area contributed by atoms with E-state index in [4.69, 9.17) is 9.47 Å². The Morgan fingerprint density at radius 3 is 2.45 bits per heavy atom. The molecule has 0 saturated heterocycles. The summed E-state index contributed by atoms with van der Waals surface area (Å²) in [6, 6.07) is 16.6. The fraction of sp³-hybridized carbons (Fsp3) is 0.368. The second kappa shape index (κ2) is 6.01. The Labute approximate surface area is 132 Å². The van der Waals surface area contributed by atoms with E-state index < -0.39 is 5.79 Å². The number of nitrogens with zero attached hydrogens (tertiary/aromatic N) is 1. The molecule has 0 N–H and O–H groups in total. The smallest absolute Gasteiger partial charge is 0.249 e. The van der Waals surface area contributed by atoms with Crippen molar-refractivity contribution in [3.05, 3.63) is 59.7 Å². The van der Waals surface area contributed by atoms with Gasteiger partial charge in [0, 0.05) is 25.5 Å². The minimum atomic E-state index is -0.583. The molecule has 3 heteroatoms. The van der Waals surface area contributed by atoms with Gasteiger partial charge in [0.25, 0.3) is 0 Å². The van der Waals surface area contributed by atoms with E-state index in [0.717, 1.165) is 30.9 Å². The van der Waals surface area contributed by atoms with Crippen LogP contribution in [0.1, 0.15) is 24.5 Å². The molecule has 1 unspecified atom stereocenters. The topological polar surface area (TPSA) is 21.7 Å². The summed E-state index contributed by atoms with van der Waals surface area (Å²) < 4.78 is 12.3. The highest BCUT2D eigenvalue weighted by molar-refractivity contribution is 5.49. The Kier molecular flexibility index (Phi) is 4.08. The van der Waals surface area contributed by atoms with Crippen LogP contribution in [-0.4, -0.2) is 24.8 Å². The summed E-state index contributed by atoms with van der Waals surface area (Å²) in [5, 5.41) is 0. The van der Waals surface area contributed by atoms with E-state index in [1.807, 2.05) is 25.1 Å². The van der Waals surface area contributed by atoms with Crippen molar-refractivity contribution in [1.29, 1.82) is 0 Å². The normalized spacial score (nSPS) is 19.6. The highest BCUT2D eigenvalue weighted by Gasteiger charge is 2.37. The zero-order valence-electron chi connectivity index (χ0n) is 13.5. The largest absolute Gasteiger partial charge is 0.449 e. The molecular weight excluding hydrogens is 274 g/mol. The lowest BCUT2D eigenvalue weighted by molar-refractivity contribution is -0.0680. The molecule has 0 aliphatic carbocycles. The lowest BCUT2D eigenvalue weighted by Gasteiger charge is -2.23. The third kappa shape index (κ3) is 3.25. The SMILES string of the molecule is CN(C)Cc1cccc2c1OC(C)(CCc1ccccc1)O2. The van der Waals surface area contributed by atoms with Crippen LogP contribution in [0.25, 0.3) is 0 Å². The van der Waals surface area contributed by atoms with Crippen molar-refractivity contribution in [2.45, 2.75) is 32.1 Å². The van der Waals surface area contributed by atoms with Gasteiger partial charge in [-0.1, -0.05) is 42.5 Å². The third-order valence-corrected chi connectivity index (χ3v) is 3.90. The molecule has 22 heavy (non-hydrogen) atoms. The van der Waals surface area contributed by atoms with Gasteiger partial charge < -0.3 is 14.4 Å². The van der Waals surface area contributed by atoms with Crippen LogP contribution in [0.15, 0.2) is 48.5 Å². The van der Waals surface area contributed by atoms with Gasteiger partial charge in [-0.2, -0.15) is 0 Å². The molecule has 1 aliphatic heterocycles. The van der Waals surface area contributed by atoms with E-state index in [9.17, 15) is 0 Å². The maximum Gasteiger partial charge on any atom is 0.249 e. The van der Waals surface area contributed by atoms with E-state index >= 15 is 0 Å². The molecule has 0 saturated carbocycles. The Hall–Kier alpha value is -2.00. The fourth-order valence-electron chi connectivity index (χ4n) is 2.81. The summed E-state index contributed by atoms with van der Waals surface area (Å²) in [6.45, 7) is 2.87. The summed E-state index contributed by atoms with van der Waals surface area (Å²) in [5.41, 5.74) is 2.48. The zero-order chi connectivity index (χ0) is 15.6. The highest BCUT2D eigenvalue weighted by atomic mass is 16.7. The quantitative estimate of drug-likeness (QED) is 0.836. The van der Waals surface area contributed by atoms with Gasteiger partial charge in [-0.3, -0.25) is 0 Å². The van der Waals surface area contributed by atoms with Crippen molar-refractivity contribution >= 4 is 0 Å². The highest BCUT2D eigenvalue weighted by Crippen LogP contribution is 2.43. The van der Waals surface area contributed by atoms with Gasteiger partial charge in [0.2, 0.25) is 5.79 Å². The number of fused-ring (bicyclic) bond motifs is 1. The minimum absolute atomic E-state index is 0.583. The second-order valence-electron chi connectivity index (χ2n) is 6.31. The van der Waals surface area contributed by atoms with E-state index in [1.54, 1.807) is 0 Å². The number of hydrogen-bond acceptors (Lipinski definition) is 3. The van der Waals surface area contributed by atoms with Crippen molar-refractivity contribution in [3.8, 4) is 11.5 Å². The molecule has 1 aliphatic rings. The van der Waals surface area contributed by atoms with Gasteiger partial charge in [0.05, 0.1) is 0 Å². The van der Waals surface area contributed by atoms with Crippen LogP contribution in [0.4, 0.5) is 0 Å². The number of benzene rings is 2. The molecule has 0 radical (unpaired) electrons. The van der Waals surface area contributed by atoms with Gasteiger partial charge >= 0.3 is 0 Å². The maximum absolute atomic E-state index is 6.20. The molecule has 2 aromatic rings. The first-order valence-electron chi connectivity index (χ1n) is 7.74. The monoisotopic (exact) mass is 297 g/mol. The Bertz CT molecular complexity index is 639. The minimum Gasteiger partial charge on any atom is -0.449 e. The first-order valence-corrected chi connectivity index (χ1v) is 7.74. The zero-order valence-corrected chi connectivity index (χ0v) is 13.5. The first kappa shape index (κ1) is 14.9. The molecule has 0 aromatic heterocycles. The van der Waals surface area contributed by atoms with E-state index in [-0.39, 0.29) is 0 Å². The number of ether oxygens (including phenoxy) is 2. The summed E-state index contributed by atoms with van der Waals surface area (Å²) >= 11 is 0. The van der Waals surface area contributed by atoms with Gasteiger partial charge in [0.1, 0.15) is 0 Å². The van der Waals surface area contributed by atoms with E-state index in [0.29, 0.717) is 0 Å². The predicted molar refractivity (Wildman–Crippen MR) is 88.3 cm³/mol. The Balaban J connectivity index is 1.72. The maximum atomic E-state index is 6.20. The molecule has 2 aromatic carbocycles. The lowest BCUT2D eigenvalue weighted by Crippen LogP contribution is -2.35. The van der Waals surface area contributed by atoms with Crippen LogP contribution in [-0.2, 0) is 13.0 Å². The Morgan fingerprint density at radius 1 is 0.955 bits per heavy atom. The number of rotatable bonds is 5. The number of hydrogen-bond donors (Lipinski definition) is 0. The third-order valence-electron chi connectivity index (χ3n) is 3.90. The van der Waals surface area contributed by atoms with Crippen LogP contribution >= 0.6 is 0 Å². The van der Waals surface area contributed by atoms with E-state index in [1.165, 1.54) is 11.1 Å². The van der Waals surface area contributed by atoms with Crippen molar-refractivity contribution < 1.29 is 9.47 Å². The van der Waals surface area contributed by atoms with Crippen LogP contribution in [0.5, 0.6) is 11.5 Å². The van der Waals surface area contributed by atoms with Crippen molar-refractivity contribution in [3.63, 3.8) is 0 Å². The molecule has 0 bridgehead atoms. The lowest BCUT2D eigenvalue weighted by atomic mass is 10.1. The molecule has 0 amide bonds. The first-order chi connectivity index (χ1) is 10.6. The van der Waals surface area contributed by atoms with Gasteiger partial charge in [-0.05, 0) is 32.1 Å². The molecule has 0 fully saturated rings. The van der Waals surface area contributed by atoms with Crippen LogP contribution in [0.2, 0.25) is 0 Å². The second-order valence-corrected chi connectivity index (χ2v) is 6.31. The standard InChI is InChI=1S/C19H23NO2/c1-19(13-12-15-8-5-4-6-9-15)21-17-11-7-10-16(14-20(2)3)18(17)22-19/h4-11H,12-14H2,1-3H3. The number of aryl methyl sites for hydroxylation is 1. The molecule has 1 atom stereocenters. The van der Waals surface area contributed by atoms with Crippen LogP contribution in [0.3, 0.4) is 0 Å². The fourth-order valence-corrected chi connectivity index (χ4v) is 2.81. The summed E-state index contributed by atoms with van der Waals surface area (Å²) in [4.78, 5) is 2.14. The molecule has 3 nitrogen and oxygen atoms in total. The average molecular weight is 297 g/mol. The van der Waals surface area contributed by atoms with Crippen LogP contribution in [0, 0.1) is 0 Å². The Morgan fingerprint density at radius 2 is 1.73 bits per heavy atom. The predicted octanol–water partition coefficient (Wildman–Crippen LogP) is 3.87. The van der Waals surface area contributed by atoms with Crippen LogP contribution < -0.4 is 9.47 Å². The van der Waals surface area contributed by atoms with Gasteiger partial charge in [-0.15, -0.1) is 0 Å². The summed E-state index contributed by atoms with van der Waals surface area (Å²) in [7, 11) is 4.12. The molecule has 0 spiro atoms. The summed E-state index contributed by atoms with van der Waals surface area (Å²) in [6.07, 6.45) is 1.77. The molecule has 116 valence electrons. The summed E-state index contributed by atoms with van der Waals surface area (Å²) in [5.74, 6) is 1.17. The molecule has 3 rings (SSSR count). The molecule has 1 heterocycles. The molecular formula is C19H23NO2. The van der Waals surface area contributed by atoms with Crippen molar-refractivity contribution in [2.24, 2.45) is 0 Å². The van der Waals surface area contributed by atoms with Gasteiger partial charge in [0.15, 0.2) is 11.5 Å². The van der Waals surface area contributed by atoms with Crippen molar-refractivity contribution in [2.75, 3.05) is 14.1 Å². The number of para-hydroxylation sites is 1. The van der Waals surface area contributed by atoms with Crippen molar-refractivity contribution in [1.82, 2.24) is 4.90 Å². The average Bonchev–Trinajstić information content (AvgIpc) is 2.84.